The third-order valence-corrected chi connectivity index (χ3v) is 10.6. The van der Waals surface area contributed by atoms with Crippen LogP contribution in [0.2, 0.25) is 0 Å². The highest BCUT2D eigenvalue weighted by atomic mass is 32.1. The molecule has 5 N–H and O–H groups in total. The summed E-state index contributed by atoms with van der Waals surface area (Å²) in [5, 5.41) is 10.2. The van der Waals surface area contributed by atoms with Crippen LogP contribution in [-0.4, -0.2) is 70.9 Å². The number of likely N-dealkylation sites (tertiary alicyclic amines) is 1. The number of ketones is 2. The first-order valence-electron chi connectivity index (χ1n) is 15.4. The van der Waals surface area contributed by atoms with Crippen molar-refractivity contribution in [3.8, 4) is 0 Å². The molecule has 2 heterocycles. The van der Waals surface area contributed by atoms with Crippen LogP contribution in [0.15, 0.2) is 11.4 Å². The smallest absolute Gasteiger partial charge is 0.316 e. The first kappa shape index (κ1) is 33.6. The lowest BCUT2D eigenvalue weighted by atomic mass is 9.85. The third-order valence-electron chi connectivity index (χ3n) is 9.50. The number of nitrogens with one attached hydrogen (secondary N) is 3. The van der Waals surface area contributed by atoms with E-state index in [1.165, 1.54) is 16.2 Å². The minimum absolute atomic E-state index is 0.0718. The Hall–Kier alpha value is -3.28. The van der Waals surface area contributed by atoms with Gasteiger partial charge in [-0.2, -0.15) is 0 Å². The highest BCUT2D eigenvalue weighted by Gasteiger charge is 2.70. The maximum absolute atomic E-state index is 14.2. The zero-order valence-corrected chi connectivity index (χ0v) is 27.8. The molecule has 1 unspecified atom stereocenters. The molecular weight excluding hydrogens is 582 g/mol. The molecule has 5 amide bonds. The lowest BCUT2D eigenvalue weighted by Gasteiger charge is -2.38. The standard InChI is InChI=1S/C32H47N5O6S/c1-15(2)22(25(39)20-11-16(3)14-44-20)35-30(43)36-26(31(4,5)6)29(42)37-13-18-21(32(18,7)8)23(37)28(41)34-19(12-17-9-10-17)24(38)27(33)40/h11,14-15,17-19,21-23,26H,9-10,12-13H2,1-8H3,(H2,33,40)(H,34,41)(H2,35,36,43)/t18-,19?,21-,22-,23-,26+/m0/s1. The molecule has 1 aromatic rings. The van der Waals surface area contributed by atoms with Gasteiger partial charge in [-0.1, -0.05) is 61.3 Å². The van der Waals surface area contributed by atoms with Crippen molar-refractivity contribution in [3.63, 3.8) is 0 Å². The summed E-state index contributed by atoms with van der Waals surface area (Å²) in [6, 6.07) is -2.58. The molecule has 0 radical (unpaired) electrons. The van der Waals surface area contributed by atoms with E-state index in [-0.39, 0.29) is 34.9 Å². The second-order valence-corrected chi connectivity index (χ2v) is 15.8. The van der Waals surface area contributed by atoms with Gasteiger partial charge >= 0.3 is 6.03 Å². The molecule has 1 saturated heterocycles. The lowest BCUT2D eigenvalue weighted by Crippen LogP contribution is -2.62. The molecule has 3 fully saturated rings. The number of aryl methyl sites for hydroxylation is 1. The van der Waals surface area contributed by atoms with Crippen LogP contribution in [-0.2, 0) is 19.2 Å². The van der Waals surface area contributed by atoms with Crippen LogP contribution in [0.25, 0.3) is 0 Å². The molecule has 4 rings (SSSR count). The number of nitrogens with zero attached hydrogens (tertiary/aromatic N) is 1. The third kappa shape index (κ3) is 7.00. The molecule has 242 valence electrons. The van der Waals surface area contributed by atoms with Crippen LogP contribution < -0.4 is 21.7 Å². The number of hydrogen-bond acceptors (Lipinski definition) is 7. The number of fused-ring (bicyclic) bond motifs is 1. The molecule has 2 saturated carbocycles. The summed E-state index contributed by atoms with van der Waals surface area (Å²) in [5.41, 5.74) is 5.32. The highest BCUT2D eigenvalue weighted by molar-refractivity contribution is 7.12. The van der Waals surface area contributed by atoms with Gasteiger partial charge in [0, 0.05) is 6.54 Å². The summed E-state index contributed by atoms with van der Waals surface area (Å²) in [6.45, 7) is 15.5. The van der Waals surface area contributed by atoms with E-state index in [1.54, 1.807) is 6.07 Å². The number of primary amides is 1. The van der Waals surface area contributed by atoms with Crippen LogP contribution in [0.5, 0.6) is 0 Å². The molecule has 11 nitrogen and oxygen atoms in total. The minimum Gasteiger partial charge on any atom is -0.363 e. The van der Waals surface area contributed by atoms with Crippen molar-refractivity contribution >= 4 is 46.7 Å². The molecular formula is C32H47N5O6S. The first-order chi connectivity index (χ1) is 20.3. The van der Waals surface area contributed by atoms with Crippen molar-refractivity contribution in [1.29, 1.82) is 0 Å². The maximum atomic E-state index is 14.2. The topological polar surface area (TPSA) is 168 Å². The summed E-state index contributed by atoms with van der Waals surface area (Å²) in [4.78, 5) is 81.0. The molecule has 0 bridgehead atoms. The number of Topliss-reactive ketones (excluding diaryl/α,β-unsaturated/α-hetero) is 2. The van der Waals surface area contributed by atoms with Crippen molar-refractivity contribution < 1.29 is 28.8 Å². The van der Waals surface area contributed by atoms with Crippen molar-refractivity contribution in [2.24, 2.45) is 40.2 Å². The van der Waals surface area contributed by atoms with Gasteiger partial charge in [-0.05, 0) is 64.9 Å². The van der Waals surface area contributed by atoms with E-state index in [4.69, 9.17) is 5.73 Å². The number of urea groups is 1. The number of amides is 5. The molecule has 0 aromatic carbocycles. The SMILES string of the molecule is Cc1csc(C(=O)[C@@H](NC(=O)N[C@H](C(=O)N2C[C@H]3[C@@H]([C@H]2C(=O)NC(CC2CC2)C(=O)C(N)=O)C3(C)C)C(C)(C)C)C(C)C)c1. The van der Waals surface area contributed by atoms with E-state index in [1.807, 2.05) is 60.8 Å². The second kappa shape index (κ2) is 12.3. The summed E-state index contributed by atoms with van der Waals surface area (Å²) < 4.78 is 0. The van der Waals surface area contributed by atoms with E-state index in [0.29, 0.717) is 17.8 Å². The van der Waals surface area contributed by atoms with E-state index in [0.717, 1.165) is 18.4 Å². The van der Waals surface area contributed by atoms with Gasteiger partial charge in [-0.25, -0.2) is 4.79 Å². The molecule has 1 aliphatic heterocycles. The van der Waals surface area contributed by atoms with Crippen LogP contribution in [0, 0.1) is 41.4 Å². The van der Waals surface area contributed by atoms with Crippen molar-refractivity contribution in [1.82, 2.24) is 20.9 Å². The number of thiophene rings is 1. The number of carbonyl (C=O) groups excluding carboxylic acids is 6. The average molecular weight is 630 g/mol. The first-order valence-corrected chi connectivity index (χ1v) is 16.3. The highest BCUT2D eigenvalue weighted by Crippen LogP contribution is 2.65. The number of nitrogens with two attached hydrogens (primary N) is 1. The Balaban J connectivity index is 1.53. The zero-order valence-electron chi connectivity index (χ0n) is 27.0. The normalized spacial score (nSPS) is 24.1. The van der Waals surface area contributed by atoms with Gasteiger partial charge in [0.15, 0.2) is 5.78 Å². The van der Waals surface area contributed by atoms with Crippen molar-refractivity contribution in [3.05, 3.63) is 21.9 Å². The molecule has 6 atom stereocenters. The van der Waals surface area contributed by atoms with Gasteiger partial charge in [0.1, 0.15) is 12.1 Å². The van der Waals surface area contributed by atoms with E-state index in [9.17, 15) is 28.8 Å². The fourth-order valence-corrected chi connectivity index (χ4v) is 7.42. The zero-order chi connectivity index (χ0) is 32.9. The molecule has 1 aromatic heterocycles. The quantitative estimate of drug-likeness (QED) is 0.205. The Morgan fingerprint density at radius 1 is 1.07 bits per heavy atom. The Morgan fingerprint density at radius 2 is 1.70 bits per heavy atom. The minimum atomic E-state index is -1.10. The van der Waals surface area contributed by atoms with Gasteiger partial charge in [-0.3, -0.25) is 24.0 Å². The van der Waals surface area contributed by atoms with Gasteiger partial charge < -0.3 is 26.6 Å². The van der Waals surface area contributed by atoms with Crippen LogP contribution in [0.1, 0.15) is 83.0 Å². The van der Waals surface area contributed by atoms with E-state index in [2.05, 4.69) is 16.0 Å². The van der Waals surface area contributed by atoms with Gasteiger partial charge in [0.05, 0.1) is 17.0 Å². The maximum Gasteiger partial charge on any atom is 0.316 e. The largest absolute Gasteiger partial charge is 0.363 e. The van der Waals surface area contributed by atoms with Crippen LogP contribution >= 0.6 is 11.3 Å². The second-order valence-electron chi connectivity index (χ2n) is 14.8. The van der Waals surface area contributed by atoms with Crippen molar-refractivity contribution in [2.45, 2.75) is 98.8 Å². The average Bonchev–Trinajstić information content (AvgIpc) is 3.67. The summed E-state index contributed by atoms with van der Waals surface area (Å²) in [5.74, 6) is -3.08. The predicted octanol–water partition coefficient (Wildman–Crippen LogP) is 2.80. The molecule has 2 aliphatic carbocycles. The van der Waals surface area contributed by atoms with E-state index >= 15 is 0 Å². The Bertz CT molecular complexity index is 1340. The fourth-order valence-electron chi connectivity index (χ4n) is 6.54. The monoisotopic (exact) mass is 629 g/mol. The predicted molar refractivity (Wildman–Crippen MR) is 167 cm³/mol. The number of piperidine rings is 1. The van der Waals surface area contributed by atoms with Gasteiger partial charge in [-0.15, -0.1) is 11.3 Å². The van der Waals surface area contributed by atoms with Crippen molar-refractivity contribution in [2.75, 3.05) is 6.54 Å². The molecule has 44 heavy (non-hydrogen) atoms. The number of carbonyl (C=O) groups is 6. The van der Waals surface area contributed by atoms with E-state index < -0.39 is 59.1 Å². The Kier molecular flexibility index (Phi) is 9.36. The Morgan fingerprint density at radius 3 is 2.20 bits per heavy atom. The van der Waals surface area contributed by atoms with Gasteiger partial charge in [0.25, 0.3) is 5.91 Å². The van der Waals surface area contributed by atoms with Crippen LogP contribution in [0.4, 0.5) is 4.79 Å². The fraction of sp³-hybridized carbons (Fsp3) is 0.688. The van der Waals surface area contributed by atoms with Gasteiger partial charge in [0.2, 0.25) is 17.6 Å². The molecule has 3 aliphatic rings. The molecule has 0 spiro atoms. The number of rotatable bonds is 12. The lowest BCUT2D eigenvalue weighted by molar-refractivity contribution is -0.145. The Labute approximate surface area is 263 Å². The summed E-state index contributed by atoms with van der Waals surface area (Å²) >= 11 is 1.32. The van der Waals surface area contributed by atoms with Crippen LogP contribution in [0.3, 0.4) is 0 Å². The summed E-state index contributed by atoms with van der Waals surface area (Å²) in [7, 11) is 0. The summed E-state index contributed by atoms with van der Waals surface area (Å²) in [6.07, 6.45) is 2.17. The number of hydrogen-bond donors (Lipinski definition) is 4. The molecule has 12 heteroatoms.